The quantitative estimate of drug-likeness (QED) is 0.773. The molecule has 1 aromatic rings. The van der Waals surface area contributed by atoms with Gasteiger partial charge in [0.15, 0.2) is 5.78 Å². The summed E-state index contributed by atoms with van der Waals surface area (Å²) in [5.41, 5.74) is 1.95. The first-order valence-corrected chi connectivity index (χ1v) is 6.85. The highest BCUT2D eigenvalue weighted by Crippen LogP contribution is 2.26. The van der Waals surface area contributed by atoms with E-state index in [1.165, 1.54) is 0 Å². The molecule has 1 aromatic carbocycles. The Morgan fingerprint density at radius 1 is 1.42 bits per heavy atom. The molecule has 4 nitrogen and oxygen atoms in total. The van der Waals surface area contributed by atoms with Crippen LogP contribution in [0.1, 0.15) is 22.8 Å². The fourth-order valence-corrected chi connectivity index (χ4v) is 2.63. The molecule has 2 aliphatic rings. The number of hydrogen-bond donors (Lipinski definition) is 0. The van der Waals surface area contributed by atoms with Crippen molar-refractivity contribution >= 4 is 5.78 Å². The molecule has 1 atom stereocenters. The largest absolute Gasteiger partial charge is 0.493 e. The van der Waals surface area contributed by atoms with E-state index in [1.807, 2.05) is 18.2 Å². The highest BCUT2D eigenvalue weighted by atomic mass is 16.5. The molecule has 3 rings (SSSR count). The lowest BCUT2D eigenvalue weighted by molar-refractivity contribution is 0.00201. The van der Waals surface area contributed by atoms with Crippen LogP contribution in [0.25, 0.3) is 0 Å². The minimum absolute atomic E-state index is 0.184. The molecule has 0 N–H and O–H groups in total. The maximum absolute atomic E-state index is 12.3. The van der Waals surface area contributed by atoms with Crippen LogP contribution in [0.5, 0.6) is 5.75 Å². The van der Waals surface area contributed by atoms with Gasteiger partial charge in [0.05, 0.1) is 26.4 Å². The summed E-state index contributed by atoms with van der Waals surface area (Å²) >= 11 is 0. The summed E-state index contributed by atoms with van der Waals surface area (Å²) in [4.78, 5) is 14.5. The van der Waals surface area contributed by atoms with Crippen molar-refractivity contribution in [2.75, 3.05) is 32.9 Å². The SMILES string of the molecule is CC1COCCN1CC(=O)c1ccc2c(c1)CCO2. The van der Waals surface area contributed by atoms with E-state index in [1.54, 1.807) is 0 Å². The van der Waals surface area contributed by atoms with Crippen molar-refractivity contribution in [3.63, 3.8) is 0 Å². The third kappa shape index (κ3) is 2.65. The molecule has 0 spiro atoms. The Morgan fingerprint density at radius 3 is 3.16 bits per heavy atom. The van der Waals surface area contributed by atoms with Crippen molar-refractivity contribution in [3.8, 4) is 5.75 Å². The molecule has 1 fully saturated rings. The molecule has 2 heterocycles. The van der Waals surface area contributed by atoms with E-state index in [2.05, 4.69) is 11.8 Å². The molecule has 0 radical (unpaired) electrons. The average molecular weight is 261 g/mol. The zero-order valence-corrected chi connectivity index (χ0v) is 11.2. The van der Waals surface area contributed by atoms with Crippen LogP contribution in [0.2, 0.25) is 0 Å². The number of hydrogen-bond acceptors (Lipinski definition) is 4. The van der Waals surface area contributed by atoms with Crippen molar-refractivity contribution in [2.24, 2.45) is 0 Å². The van der Waals surface area contributed by atoms with E-state index in [-0.39, 0.29) is 5.78 Å². The third-order valence-electron chi connectivity index (χ3n) is 3.86. The third-order valence-corrected chi connectivity index (χ3v) is 3.86. The van der Waals surface area contributed by atoms with Gasteiger partial charge in [-0.2, -0.15) is 0 Å². The first-order valence-electron chi connectivity index (χ1n) is 6.85. The first-order chi connectivity index (χ1) is 9.24. The number of benzene rings is 1. The summed E-state index contributed by atoms with van der Waals surface area (Å²) in [6.07, 6.45) is 0.907. The highest BCUT2D eigenvalue weighted by molar-refractivity contribution is 5.98. The summed E-state index contributed by atoms with van der Waals surface area (Å²) in [6.45, 7) is 5.57. The Kier molecular flexibility index (Phi) is 3.53. The molecule has 102 valence electrons. The summed E-state index contributed by atoms with van der Waals surface area (Å²) in [7, 11) is 0. The van der Waals surface area contributed by atoms with Crippen LogP contribution in [0.4, 0.5) is 0 Å². The molecular formula is C15H19NO3. The molecule has 2 aliphatic heterocycles. The summed E-state index contributed by atoms with van der Waals surface area (Å²) in [6, 6.07) is 6.08. The lowest BCUT2D eigenvalue weighted by Gasteiger charge is -2.32. The van der Waals surface area contributed by atoms with E-state index in [4.69, 9.17) is 9.47 Å². The smallest absolute Gasteiger partial charge is 0.176 e. The lowest BCUT2D eigenvalue weighted by Crippen LogP contribution is -2.45. The molecule has 19 heavy (non-hydrogen) atoms. The molecule has 0 aliphatic carbocycles. The zero-order valence-electron chi connectivity index (χ0n) is 11.2. The van der Waals surface area contributed by atoms with Crippen molar-refractivity contribution < 1.29 is 14.3 Å². The minimum atomic E-state index is 0.184. The van der Waals surface area contributed by atoms with Gasteiger partial charge < -0.3 is 9.47 Å². The molecule has 1 saturated heterocycles. The van der Waals surface area contributed by atoms with E-state index in [0.717, 1.165) is 43.1 Å². The van der Waals surface area contributed by atoms with E-state index >= 15 is 0 Å². The van der Waals surface area contributed by atoms with Crippen LogP contribution in [0.15, 0.2) is 18.2 Å². The van der Waals surface area contributed by atoms with Gasteiger partial charge in [0.2, 0.25) is 0 Å². The molecule has 0 aromatic heterocycles. The molecule has 0 saturated carbocycles. The number of ketones is 1. The number of carbonyl (C=O) groups excluding carboxylic acids is 1. The van der Waals surface area contributed by atoms with Gasteiger partial charge in [-0.3, -0.25) is 9.69 Å². The summed E-state index contributed by atoms with van der Waals surface area (Å²) in [5.74, 6) is 1.11. The summed E-state index contributed by atoms with van der Waals surface area (Å²) in [5, 5.41) is 0. The van der Waals surface area contributed by atoms with Crippen LogP contribution < -0.4 is 4.74 Å². The fourth-order valence-electron chi connectivity index (χ4n) is 2.63. The predicted molar refractivity (Wildman–Crippen MR) is 71.8 cm³/mol. The summed E-state index contributed by atoms with van der Waals surface area (Å²) < 4.78 is 10.9. The van der Waals surface area contributed by atoms with Gasteiger partial charge in [-0.15, -0.1) is 0 Å². The molecule has 0 amide bonds. The van der Waals surface area contributed by atoms with Crippen LogP contribution >= 0.6 is 0 Å². The molecule has 1 unspecified atom stereocenters. The highest BCUT2D eigenvalue weighted by Gasteiger charge is 2.22. The van der Waals surface area contributed by atoms with Gasteiger partial charge in [-0.1, -0.05) is 0 Å². The number of Topliss-reactive ketones (excluding diaryl/α,β-unsaturated/α-hetero) is 1. The Hall–Kier alpha value is -1.39. The molecular weight excluding hydrogens is 242 g/mol. The van der Waals surface area contributed by atoms with Gasteiger partial charge in [-0.05, 0) is 30.7 Å². The lowest BCUT2D eigenvalue weighted by atomic mass is 10.0. The topological polar surface area (TPSA) is 38.8 Å². The van der Waals surface area contributed by atoms with Crippen molar-refractivity contribution in [1.82, 2.24) is 4.90 Å². The first kappa shape index (κ1) is 12.6. The van der Waals surface area contributed by atoms with Crippen molar-refractivity contribution in [1.29, 1.82) is 0 Å². The Morgan fingerprint density at radius 2 is 2.32 bits per heavy atom. The van der Waals surface area contributed by atoms with Gasteiger partial charge in [-0.25, -0.2) is 0 Å². The Bertz CT molecular complexity index is 486. The predicted octanol–water partition coefficient (Wildman–Crippen LogP) is 1.52. The van der Waals surface area contributed by atoms with Gasteiger partial charge >= 0.3 is 0 Å². The second-order valence-corrected chi connectivity index (χ2v) is 5.24. The second-order valence-electron chi connectivity index (χ2n) is 5.24. The normalized spacial score (nSPS) is 22.9. The van der Waals surface area contributed by atoms with Gasteiger partial charge in [0, 0.05) is 24.6 Å². The second kappa shape index (κ2) is 5.31. The number of ether oxygens (including phenoxy) is 2. The number of fused-ring (bicyclic) bond motifs is 1. The number of carbonyl (C=O) groups is 1. The monoisotopic (exact) mass is 261 g/mol. The Balaban J connectivity index is 1.70. The zero-order chi connectivity index (χ0) is 13.2. The van der Waals surface area contributed by atoms with E-state index in [0.29, 0.717) is 19.2 Å². The minimum Gasteiger partial charge on any atom is -0.493 e. The fraction of sp³-hybridized carbons (Fsp3) is 0.533. The average Bonchev–Trinajstić information content (AvgIpc) is 2.88. The van der Waals surface area contributed by atoms with Crippen LogP contribution in [0, 0.1) is 0 Å². The number of morpholine rings is 1. The molecule has 4 heteroatoms. The standard InChI is InChI=1S/C15H19NO3/c1-11-10-18-7-5-16(11)9-14(17)12-2-3-15-13(8-12)4-6-19-15/h2-3,8,11H,4-7,9-10H2,1H3. The van der Waals surface area contributed by atoms with Crippen LogP contribution in [-0.4, -0.2) is 49.6 Å². The number of rotatable bonds is 3. The van der Waals surface area contributed by atoms with Crippen molar-refractivity contribution in [2.45, 2.75) is 19.4 Å². The number of nitrogens with zero attached hydrogens (tertiary/aromatic N) is 1. The maximum atomic E-state index is 12.3. The van der Waals surface area contributed by atoms with E-state index < -0.39 is 0 Å². The van der Waals surface area contributed by atoms with Crippen molar-refractivity contribution in [3.05, 3.63) is 29.3 Å². The van der Waals surface area contributed by atoms with Crippen LogP contribution in [-0.2, 0) is 11.2 Å². The van der Waals surface area contributed by atoms with Crippen LogP contribution in [0.3, 0.4) is 0 Å². The van der Waals surface area contributed by atoms with E-state index in [9.17, 15) is 4.79 Å². The Labute approximate surface area is 113 Å². The van der Waals surface area contributed by atoms with Gasteiger partial charge in [0.1, 0.15) is 5.75 Å². The maximum Gasteiger partial charge on any atom is 0.176 e. The van der Waals surface area contributed by atoms with Gasteiger partial charge in [0.25, 0.3) is 0 Å². The molecule has 0 bridgehead atoms.